The molecule has 0 atom stereocenters. The van der Waals surface area contributed by atoms with Crippen molar-refractivity contribution in [3.63, 3.8) is 0 Å². The van der Waals surface area contributed by atoms with Crippen molar-refractivity contribution in [2.24, 2.45) is 5.11 Å². The Hall–Kier alpha value is -1.27. The van der Waals surface area contributed by atoms with E-state index in [1.807, 2.05) is 6.92 Å². The predicted octanol–water partition coefficient (Wildman–Crippen LogP) is 2.42. The van der Waals surface area contributed by atoms with E-state index in [1.165, 1.54) is 24.3 Å². The maximum absolute atomic E-state index is 11.7. The molecule has 1 aromatic rings. The summed E-state index contributed by atoms with van der Waals surface area (Å²) in [7, 11) is -3.43. The van der Waals surface area contributed by atoms with E-state index in [9.17, 15) is 8.42 Å². The zero-order chi connectivity index (χ0) is 12.0. The van der Waals surface area contributed by atoms with Crippen LogP contribution in [0.4, 0.5) is 5.69 Å². The number of rotatable bonds is 6. The van der Waals surface area contributed by atoms with Gasteiger partial charge in [-0.2, -0.15) is 0 Å². The SMILES string of the molecule is CCCCNS(=O)(=O)c1ccc(N=[N-])cc1. The summed E-state index contributed by atoms with van der Waals surface area (Å²) in [5, 5.41) is 2.95. The lowest BCUT2D eigenvalue weighted by molar-refractivity contribution is 0.578. The van der Waals surface area contributed by atoms with Crippen molar-refractivity contribution in [2.45, 2.75) is 24.7 Å². The Balaban J connectivity index is 2.77. The van der Waals surface area contributed by atoms with Crippen molar-refractivity contribution in [1.29, 1.82) is 0 Å². The zero-order valence-electron chi connectivity index (χ0n) is 9.05. The van der Waals surface area contributed by atoms with E-state index in [-0.39, 0.29) is 4.90 Å². The van der Waals surface area contributed by atoms with Gasteiger partial charge in [0.2, 0.25) is 10.0 Å². The fourth-order valence-corrected chi connectivity index (χ4v) is 2.23. The topological polar surface area (TPSA) is 80.8 Å². The normalized spacial score (nSPS) is 11.3. The molecule has 0 saturated heterocycles. The van der Waals surface area contributed by atoms with Crippen LogP contribution in [0.25, 0.3) is 5.53 Å². The van der Waals surface area contributed by atoms with Crippen molar-refractivity contribution in [3.8, 4) is 0 Å². The van der Waals surface area contributed by atoms with Crippen LogP contribution >= 0.6 is 0 Å². The standard InChI is InChI=1S/C10H14N3O2S/c1-2-3-8-12-16(14,15)10-6-4-9(13-11)5-7-10/h4-7,12H,2-3,8H2,1H3/q-1. The van der Waals surface area contributed by atoms with Gasteiger partial charge in [-0.15, -0.1) is 0 Å². The number of sulfonamides is 1. The highest BCUT2D eigenvalue weighted by atomic mass is 32.2. The van der Waals surface area contributed by atoms with Crippen LogP contribution in [0.2, 0.25) is 0 Å². The first-order valence-corrected chi connectivity index (χ1v) is 6.53. The average molecular weight is 240 g/mol. The predicted molar refractivity (Wildman–Crippen MR) is 62.0 cm³/mol. The largest absolute Gasteiger partial charge is 0.706 e. The summed E-state index contributed by atoms with van der Waals surface area (Å²) in [6.45, 7) is 2.43. The molecule has 1 aromatic carbocycles. The van der Waals surface area contributed by atoms with Crippen LogP contribution in [0, 0.1) is 0 Å². The minimum atomic E-state index is -3.43. The summed E-state index contributed by atoms with van der Waals surface area (Å²) < 4.78 is 25.9. The molecule has 16 heavy (non-hydrogen) atoms. The molecule has 0 aromatic heterocycles. The molecular weight excluding hydrogens is 226 g/mol. The summed E-state index contributed by atoms with van der Waals surface area (Å²) in [5.74, 6) is 0. The summed E-state index contributed by atoms with van der Waals surface area (Å²) in [6.07, 6.45) is 1.74. The number of nitrogens with one attached hydrogen (secondary N) is 1. The van der Waals surface area contributed by atoms with E-state index < -0.39 is 10.0 Å². The van der Waals surface area contributed by atoms with Gasteiger partial charge in [-0.1, -0.05) is 13.3 Å². The molecule has 0 fully saturated rings. The molecule has 0 aliphatic carbocycles. The lowest BCUT2D eigenvalue weighted by Gasteiger charge is -2.06. The minimum Gasteiger partial charge on any atom is -0.706 e. The third kappa shape index (κ3) is 3.39. The molecule has 88 valence electrons. The van der Waals surface area contributed by atoms with E-state index in [4.69, 9.17) is 5.53 Å². The molecule has 0 bridgehead atoms. The third-order valence-electron chi connectivity index (χ3n) is 2.08. The molecule has 0 aliphatic heterocycles. The van der Waals surface area contributed by atoms with Crippen LogP contribution in [0.3, 0.4) is 0 Å². The second-order valence-corrected chi connectivity index (χ2v) is 5.11. The quantitative estimate of drug-likeness (QED) is 0.612. The summed E-state index contributed by atoms with van der Waals surface area (Å²) in [5.41, 5.74) is 8.79. The molecule has 0 saturated carbocycles. The van der Waals surface area contributed by atoms with Crippen molar-refractivity contribution in [1.82, 2.24) is 4.72 Å². The van der Waals surface area contributed by atoms with Crippen molar-refractivity contribution in [3.05, 3.63) is 29.8 Å². The minimum absolute atomic E-state index is 0.177. The van der Waals surface area contributed by atoms with Crippen molar-refractivity contribution < 1.29 is 8.42 Å². The van der Waals surface area contributed by atoms with Gasteiger partial charge in [-0.05, 0) is 30.7 Å². The van der Waals surface area contributed by atoms with E-state index in [2.05, 4.69) is 9.84 Å². The lowest BCUT2D eigenvalue weighted by Crippen LogP contribution is -2.24. The fraction of sp³-hybridized carbons (Fsp3) is 0.400. The van der Waals surface area contributed by atoms with Crippen LogP contribution in [-0.4, -0.2) is 15.0 Å². The van der Waals surface area contributed by atoms with Gasteiger partial charge in [0.1, 0.15) is 0 Å². The highest BCUT2D eigenvalue weighted by molar-refractivity contribution is 7.89. The van der Waals surface area contributed by atoms with Gasteiger partial charge in [0, 0.05) is 12.2 Å². The first-order chi connectivity index (χ1) is 7.60. The Morgan fingerprint density at radius 3 is 2.44 bits per heavy atom. The van der Waals surface area contributed by atoms with Gasteiger partial charge >= 0.3 is 0 Å². The summed E-state index contributed by atoms with van der Waals surface area (Å²) in [6, 6.07) is 5.69. The lowest BCUT2D eigenvalue weighted by atomic mass is 10.3. The number of unbranched alkanes of at least 4 members (excludes halogenated alkanes) is 1. The van der Waals surface area contributed by atoms with Gasteiger partial charge in [0.15, 0.2) is 0 Å². The second kappa shape index (κ2) is 5.72. The van der Waals surface area contributed by atoms with Gasteiger partial charge in [-0.3, -0.25) is 0 Å². The zero-order valence-corrected chi connectivity index (χ0v) is 9.87. The molecule has 0 heterocycles. The van der Waals surface area contributed by atoms with Gasteiger partial charge in [0.05, 0.1) is 4.90 Å². The number of hydrogen-bond donors (Lipinski definition) is 1. The third-order valence-corrected chi connectivity index (χ3v) is 3.56. The molecule has 0 aliphatic rings. The Kier molecular flexibility index (Phi) is 4.57. The molecular formula is C10H14N3O2S-. The monoisotopic (exact) mass is 240 g/mol. The highest BCUT2D eigenvalue weighted by Gasteiger charge is 2.11. The molecule has 1 N–H and O–H groups in total. The van der Waals surface area contributed by atoms with Gasteiger partial charge < -0.3 is 10.6 Å². The van der Waals surface area contributed by atoms with Crippen molar-refractivity contribution in [2.75, 3.05) is 6.54 Å². The number of benzene rings is 1. The Morgan fingerprint density at radius 2 is 1.94 bits per heavy atom. The molecule has 0 unspecified atom stereocenters. The number of hydrogen-bond acceptors (Lipinski definition) is 3. The van der Waals surface area contributed by atoms with E-state index in [1.54, 1.807) is 0 Å². The van der Waals surface area contributed by atoms with Crippen LogP contribution in [-0.2, 0) is 10.0 Å². The fourth-order valence-electron chi connectivity index (χ4n) is 1.16. The average Bonchev–Trinajstić information content (AvgIpc) is 2.29. The highest BCUT2D eigenvalue weighted by Crippen LogP contribution is 2.15. The van der Waals surface area contributed by atoms with Crippen LogP contribution in [0.1, 0.15) is 19.8 Å². The first-order valence-electron chi connectivity index (χ1n) is 5.05. The molecule has 0 spiro atoms. The summed E-state index contributed by atoms with van der Waals surface area (Å²) >= 11 is 0. The van der Waals surface area contributed by atoms with Gasteiger partial charge in [0.25, 0.3) is 0 Å². The first kappa shape index (κ1) is 12.8. The van der Waals surface area contributed by atoms with Crippen LogP contribution < -0.4 is 4.72 Å². The Labute approximate surface area is 95.4 Å². The van der Waals surface area contributed by atoms with E-state index in [0.717, 1.165) is 12.8 Å². The van der Waals surface area contributed by atoms with Gasteiger partial charge in [-0.25, -0.2) is 13.1 Å². The van der Waals surface area contributed by atoms with Crippen LogP contribution in [0.15, 0.2) is 34.3 Å². The van der Waals surface area contributed by atoms with Crippen molar-refractivity contribution >= 4 is 15.7 Å². The maximum atomic E-state index is 11.7. The van der Waals surface area contributed by atoms with Crippen LogP contribution in [0.5, 0.6) is 0 Å². The second-order valence-electron chi connectivity index (χ2n) is 3.35. The van der Waals surface area contributed by atoms with E-state index in [0.29, 0.717) is 12.2 Å². The summed E-state index contributed by atoms with van der Waals surface area (Å²) in [4.78, 5) is 0.177. The molecule has 1 rings (SSSR count). The molecule has 6 heteroatoms. The molecule has 0 radical (unpaired) electrons. The molecule has 5 nitrogen and oxygen atoms in total. The smallest absolute Gasteiger partial charge is 0.240 e. The maximum Gasteiger partial charge on any atom is 0.240 e. The Bertz CT molecular complexity index is 440. The number of nitrogens with zero attached hydrogens (tertiary/aromatic N) is 2. The Morgan fingerprint density at radius 1 is 1.31 bits per heavy atom. The van der Waals surface area contributed by atoms with E-state index >= 15 is 0 Å². The molecule has 0 amide bonds.